The Morgan fingerprint density at radius 3 is 1.21 bits per heavy atom. The lowest BCUT2D eigenvalue weighted by Crippen LogP contribution is -2.61. The Hall–Kier alpha value is -5.36. The van der Waals surface area contributed by atoms with E-state index in [9.17, 15) is 54.3 Å². The second-order valence-electron chi connectivity index (χ2n) is 10.7. The van der Waals surface area contributed by atoms with Crippen LogP contribution >= 0.6 is 15.9 Å². The molecule has 0 radical (unpaired) electrons. The highest BCUT2D eigenvalue weighted by atomic mass is 79.9. The second kappa shape index (κ2) is 15.9. The summed E-state index contributed by atoms with van der Waals surface area (Å²) in [6, 6.07) is 6.68. The van der Waals surface area contributed by atoms with E-state index in [1.54, 1.807) is 0 Å². The third-order valence-corrected chi connectivity index (χ3v) is 8.02. The molecule has 1 aliphatic heterocycles. The Balaban J connectivity index is 1.56. The fourth-order valence-corrected chi connectivity index (χ4v) is 5.50. The van der Waals surface area contributed by atoms with Crippen molar-refractivity contribution in [2.45, 2.75) is 29.4 Å². The van der Waals surface area contributed by atoms with Crippen LogP contribution in [0.1, 0.15) is 41.4 Å². The maximum Gasteiger partial charge on any atom is 0.341 e. The van der Waals surface area contributed by atoms with E-state index in [0.717, 1.165) is 0 Å². The third-order valence-electron chi connectivity index (χ3n) is 7.28. The molecule has 1 saturated heterocycles. The Morgan fingerprint density at radius 1 is 0.500 bits per heavy atom. The molecule has 0 spiro atoms. The van der Waals surface area contributed by atoms with Crippen LogP contribution in [0.25, 0.3) is 0 Å². The third kappa shape index (κ3) is 8.56. The van der Waals surface area contributed by atoms with Crippen LogP contribution in [0.15, 0.2) is 72.8 Å². The van der Waals surface area contributed by atoms with E-state index in [-0.39, 0.29) is 0 Å². The van der Waals surface area contributed by atoms with Gasteiger partial charge in [-0.25, -0.2) is 54.3 Å². The maximum absolute atomic E-state index is 14.6. The zero-order chi connectivity index (χ0) is 37.9. The van der Waals surface area contributed by atoms with Gasteiger partial charge in [-0.15, -0.1) is 0 Å². The molecule has 4 aromatic carbocycles. The van der Waals surface area contributed by atoms with Gasteiger partial charge in [-0.05, 0) is 72.8 Å². The molecule has 18 heteroatoms. The lowest BCUT2D eigenvalue weighted by Gasteiger charge is -2.43. The number of esters is 4. The fraction of sp³-hybridized carbons (Fsp3) is 0.176. The van der Waals surface area contributed by atoms with E-state index in [1.807, 2.05) is 0 Å². The molecule has 0 amide bonds. The van der Waals surface area contributed by atoms with Crippen molar-refractivity contribution in [2.75, 3.05) is 6.61 Å². The molecule has 5 atom stereocenters. The first-order chi connectivity index (χ1) is 24.6. The Labute approximate surface area is 295 Å². The van der Waals surface area contributed by atoms with Gasteiger partial charge < -0.3 is 23.7 Å². The summed E-state index contributed by atoms with van der Waals surface area (Å²) >= 11 is 2.98. The standard InChI is InChI=1S/C34H19BrF8O9/c35-30-29(52-34(47)21-12-17(39)4-8-25(21)43)28(51-33(46)20-11-16(38)3-7-24(20)42)27(50-32(45)19-10-15(37)2-6-23(19)41)26(49-30)13-48-31(44)18-9-14(36)1-5-22(18)40/h1-12,26-30H,13H2/t26-,27-,28+,29-,30+/m1/s1. The summed E-state index contributed by atoms with van der Waals surface area (Å²) in [6.07, 6.45) is -8.46. The number of hydrogen-bond donors (Lipinski definition) is 0. The monoisotopic (exact) mass is 802 g/mol. The second-order valence-corrected chi connectivity index (χ2v) is 11.6. The average molecular weight is 803 g/mol. The van der Waals surface area contributed by atoms with Gasteiger partial charge in [-0.3, -0.25) is 0 Å². The van der Waals surface area contributed by atoms with E-state index in [4.69, 9.17) is 23.7 Å². The number of alkyl halides is 1. The highest BCUT2D eigenvalue weighted by Gasteiger charge is 2.53. The minimum atomic E-state index is -2.26. The minimum Gasteiger partial charge on any atom is -0.459 e. The lowest BCUT2D eigenvalue weighted by atomic mass is 9.98. The molecule has 0 unspecified atom stereocenters. The predicted octanol–water partition coefficient (Wildman–Crippen LogP) is 6.75. The molecule has 9 nitrogen and oxygen atoms in total. The van der Waals surface area contributed by atoms with Crippen LogP contribution < -0.4 is 0 Å². The number of halogens is 9. The van der Waals surface area contributed by atoms with Gasteiger partial charge in [0.2, 0.25) is 0 Å². The predicted molar refractivity (Wildman–Crippen MR) is 161 cm³/mol. The first kappa shape index (κ1) is 37.9. The van der Waals surface area contributed by atoms with E-state index < -0.39 is 129 Å². The van der Waals surface area contributed by atoms with Crippen molar-refractivity contribution in [3.63, 3.8) is 0 Å². The van der Waals surface area contributed by atoms with E-state index in [0.29, 0.717) is 72.8 Å². The molecular formula is C34H19BrF8O9. The summed E-state index contributed by atoms with van der Waals surface area (Å²) in [4.78, 5) is 52.3. The van der Waals surface area contributed by atoms with Crippen molar-refractivity contribution in [3.8, 4) is 0 Å². The molecule has 0 aliphatic carbocycles. The topological polar surface area (TPSA) is 114 Å². The molecule has 1 fully saturated rings. The SMILES string of the molecule is O=C(OC[C@H]1O[C@H](Br)[C@H](OC(=O)c2cc(F)ccc2F)[C@@H](OC(=O)c2cc(F)ccc2F)[C@@H]1OC(=O)c1cc(F)ccc1F)c1cc(F)ccc1F. The number of ether oxygens (including phenoxy) is 5. The summed E-state index contributed by atoms with van der Waals surface area (Å²) < 4.78 is 140. The van der Waals surface area contributed by atoms with Gasteiger partial charge in [0.25, 0.3) is 0 Å². The largest absolute Gasteiger partial charge is 0.459 e. The van der Waals surface area contributed by atoms with Crippen molar-refractivity contribution in [3.05, 3.63) is 142 Å². The van der Waals surface area contributed by atoms with Crippen LogP contribution in [-0.2, 0) is 23.7 Å². The van der Waals surface area contributed by atoms with Crippen LogP contribution in [0.3, 0.4) is 0 Å². The Kier molecular flexibility index (Phi) is 11.6. The van der Waals surface area contributed by atoms with E-state index >= 15 is 0 Å². The fourth-order valence-electron chi connectivity index (χ4n) is 4.81. The average Bonchev–Trinajstić information content (AvgIpc) is 3.10. The number of rotatable bonds is 9. The molecule has 0 N–H and O–H groups in total. The highest BCUT2D eigenvalue weighted by molar-refractivity contribution is 9.09. The molecule has 4 aromatic rings. The summed E-state index contributed by atoms with van der Waals surface area (Å²) in [7, 11) is 0. The number of carbonyl (C=O) groups excluding carboxylic acids is 4. The normalized spacial score (nSPS) is 19.8. The van der Waals surface area contributed by atoms with Gasteiger partial charge in [0.15, 0.2) is 23.3 Å². The quantitative estimate of drug-likeness (QED) is 0.0785. The zero-order valence-electron chi connectivity index (χ0n) is 25.6. The van der Waals surface area contributed by atoms with Crippen molar-refractivity contribution >= 4 is 39.8 Å². The molecule has 1 heterocycles. The number of hydrogen-bond acceptors (Lipinski definition) is 9. The Morgan fingerprint density at radius 2 is 0.827 bits per heavy atom. The van der Waals surface area contributed by atoms with Gasteiger partial charge >= 0.3 is 23.9 Å². The molecule has 0 aromatic heterocycles. The van der Waals surface area contributed by atoms with Gasteiger partial charge in [0, 0.05) is 0 Å². The molecule has 1 aliphatic rings. The van der Waals surface area contributed by atoms with E-state index in [1.165, 1.54) is 0 Å². The van der Waals surface area contributed by atoms with Crippen molar-refractivity contribution in [1.29, 1.82) is 0 Å². The number of benzene rings is 4. The lowest BCUT2D eigenvalue weighted by molar-refractivity contribution is -0.205. The number of carbonyl (C=O) groups is 4. The first-order valence-corrected chi connectivity index (χ1v) is 15.4. The van der Waals surface area contributed by atoms with Gasteiger partial charge in [0.1, 0.15) is 59.2 Å². The molecule has 5 rings (SSSR count). The summed E-state index contributed by atoms with van der Waals surface area (Å²) in [5.41, 5.74) is -4.00. The zero-order valence-corrected chi connectivity index (χ0v) is 27.2. The van der Waals surface area contributed by atoms with Gasteiger partial charge in [-0.2, -0.15) is 0 Å². The van der Waals surface area contributed by atoms with Crippen molar-refractivity contribution in [2.24, 2.45) is 0 Å². The first-order valence-electron chi connectivity index (χ1n) is 14.5. The Bertz CT molecular complexity index is 2050. The molecular weight excluding hydrogens is 784 g/mol. The van der Waals surface area contributed by atoms with Crippen molar-refractivity contribution in [1.82, 2.24) is 0 Å². The molecule has 0 bridgehead atoms. The molecule has 52 heavy (non-hydrogen) atoms. The van der Waals surface area contributed by atoms with Gasteiger partial charge in [0.05, 0.1) is 22.3 Å². The summed E-state index contributed by atoms with van der Waals surface area (Å²) in [6.45, 7) is -1.08. The summed E-state index contributed by atoms with van der Waals surface area (Å²) in [5, 5.41) is -1.72. The smallest absolute Gasteiger partial charge is 0.341 e. The van der Waals surface area contributed by atoms with Crippen LogP contribution in [0, 0.1) is 46.5 Å². The minimum absolute atomic E-state index is 0.404. The molecule has 272 valence electrons. The van der Waals surface area contributed by atoms with Crippen LogP contribution in [0.2, 0.25) is 0 Å². The van der Waals surface area contributed by atoms with Crippen LogP contribution in [0.4, 0.5) is 35.1 Å². The van der Waals surface area contributed by atoms with E-state index in [2.05, 4.69) is 15.9 Å². The molecule has 0 saturated carbocycles. The van der Waals surface area contributed by atoms with Crippen LogP contribution in [0.5, 0.6) is 0 Å². The highest BCUT2D eigenvalue weighted by Crippen LogP contribution is 2.34. The summed E-state index contributed by atoms with van der Waals surface area (Å²) in [5.74, 6) is -16.1. The maximum atomic E-state index is 14.6. The van der Waals surface area contributed by atoms with Gasteiger partial charge in [-0.1, -0.05) is 15.9 Å². The van der Waals surface area contributed by atoms with Crippen molar-refractivity contribution < 1.29 is 78.0 Å². The van der Waals surface area contributed by atoms with Crippen LogP contribution in [-0.4, -0.2) is 59.9 Å².